The second kappa shape index (κ2) is 3.25. The first-order valence-corrected chi connectivity index (χ1v) is 3.03. The van der Waals surface area contributed by atoms with Gasteiger partial charge < -0.3 is 10.1 Å². The van der Waals surface area contributed by atoms with Gasteiger partial charge in [0, 0.05) is 0 Å². The summed E-state index contributed by atoms with van der Waals surface area (Å²) >= 11 is 0. The van der Waals surface area contributed by atoms with Crippen LogP contribution in [0.2, 0.25) is 0 Å². The molecule has 0 radical (unpaired) electrons. The van der Waals surface area contributed by atoms with Crippen LogP contribution in [-0.4, -0.2) is 21.0 Å². The van der Waals surface area contributed by atoms with Gasteiger partial charge in [0.1, 0.15) is 5.69 Å². The number of carbonyl (C=O) groups excluding carboxylic acids is 1. The third kappa shape index (κ3) is 1.66. The Bertz CT molecular complexity index is 349. The van der Waals surface area contributed by atoms with Gasteiger partial charge in [-0.05, 0) is 4.92 Å². The Labute approximate surface area is 69.9 Å². The minimum atomic E-state index is -3.06. The van der Waals surface area contributed by atoms with Gasteiger partial charge in [-0.1, -0.05) is 0 Å². The largest absolute Gasteiger partial charge is 0.390 e. The zero-order chi connectivity index (χ0) is 10.0. The zero-order valence-corrected chi connectivity index (χ0v) is 6.05. The minimum absolute atomic E-state index is 0.00880. The highest BCUT2D eigenvalue weighted by Crippen LogP contribution is 2.16. The maximum absolute atomic E-state index is 12.0. The zero-order valence-electron chi connectivity index (χ0n) is 6.05. The number of alkyl halides is 2. The Hall–Kier alpha value is -1.86. The van der Waals surface area contributed by atoms with E-state index in [1.54, 1.807) is 0 Å². The van der Waals surface area contributed by atoms with Crippen LogP contribution in [0.15, 0.2) is 6.07 Å². The molecule has 70 valence electrons. The minimum Gasteiger partial charge on any atom is -0.358 e. The van der Waals surface area contributed by atoms with E-state index in [0.29, 0.717) is 6.07 Å². The third-order valence-corrected chi connectivity index (χ3v) is 1.24. The highest BCUT2D eigenvalue weighted by atomic mass is 19.3. The summed E-state index contributed by atoms with van der Waals surface area (Å²) < 4.78 is 24.0. The predicted octanol–water partition coefficient (Wildman–Crippen LogP) is 0.999. The molecule has 0 aliphatic carbocycles. The van der Waals surface area contributed by atoms with Gasteiger partial charge in [0.15, 0.2) is 6.29 Å². The first-order chi connectivity index (χ1) is 6.06. The van der Waals surface area contributed by atoms with Gasteiger partial charge >= 0.3 is 12.4 Å². The van der Waals surface area contributed by atoms with Crippen molar-refractivity contribution in [2.75, 3.05) is 0 Å². The summed E-state index contributed by atoms with van der Waals surface area (Å²) in [5, 5.41) is 13.0. The third-order valence-electron chi connectivity index (χ3n) is 1.24. The van der Waals surface area contributed by atoms with E-state index in [-0.39, 0.29) is 11.0 Å². The number of rotatable bonds is 3. The van der Waals surface area contributed by atoms with Gasteiger partial charge in [-0.2, -0.15) is 8.78 Å². The van der Waals surface area contributed by atoms with Crippen molar-refractivity contribution in [3.63, 3.8) is 0 Å². The van der Waals surface area contributed by atoms with Crippen molar-refractivity contribution >= 4 is 12.1 Å². The van der Waals surface area contributed by atoms with Crippen molar-refractivity contribution in [1.29, 1.82) is 0 Å². The molecule has 0 saturated heterocycles. The normalized spacial score (nSPS) is 10.4. The average molecular weight is 191 g/mol. The summed E-state index contributed by atoms with van der Waals surface area (Å²) in [4.78, 5) is 19.3. The molecule has 0 atom stereocenters. The molecule has 13 heavy (non-hydrogen) atoms. The maximum atomic E-state index is 12.0. The summed E-state index contributed by atoms with van der Waals surface area (Å²) in [5.41, 5.74) is -0.526. The van der Waals surface area contributed by atoms with Crippen LogP contribution in [0.3, 0.4) is 0 Å². The number of halogens is 2. The van der Waals surface area contributed by atoms with Crippen LogP contribution in [0.1, 0.15) is 17.0 Å². The fraction of sp³-hybridized carbons (Fsp3) is 0.200. The van der Waals surface area contributed by atoms with Crippen LogP contribution >= 0.6 is 0 Å². The molecule has 1 aromatic rings. The van der Waals surface area contributed by atoms with Gasteiger partial charge in [-0.25, -0.2) is 0 Å². The molecule has 0 aliphatic heterocycles. The van der Waals surface area contributed by atoms with Crippen molar-refractivity contribution < 1.29 is 18.5 Å². The smallest absolute Gasteiger partial charge is 0.358 e. The Morgan fingerprint density at radius 1 is 1.69 bits per heavy atom. The first kappa shape index (κ1) is 9.23. The summed E-state index contributed by atoms with van der Waals surface area (Å²) in [7, 11) is 0. The van der Waals surface area contributed by atoms with Gasteiger partial charge in [0.25, 0.3) is 0 Å². The number of hydrogen-bond acceptors (Lipinski definition) is 4. The summed E-state index contributed by atoms with van der Waals surface area (Å²) in [6.07, 6.45) is 0.0756. The highest BCUT2D eigenvalue weighted by molar-refractivity contribution is 5.73. The Balaban J connectivity index is 3.19. The molecule has 8 heteroatoms. The predicted molar refractivity (Wildman–Crippen MR) is 35.5 cm³/mol. The van der Waals surface area contributed by atoms with Gasteiger partial charge in [-0.3, -0.25) is 4.79 Å². The fourth-order valence-electron chi connectivity index (χ4n) is 0.729. The Morgan fingerprint density at radius 3 is 2.62 bits per heavy atom. The van der Waals surface area contributed by atoms with Crippen molar-refractivity contribution in [2.45, 2.75) is 6.55 Å². The molecule has 0 aliphatic rings. The molecular weight excluding hydrogens is 188 g/mol. The number of nitrogens with zero attached hydrogens (tertiary/aromatic N) is 3. The average Bonchev–Trinajstić information content (AvgIpc) is 2.47. The molecule has 1 heterocycles. The first-order valence-electron chi connectivity index (χ1n) is 3.03. The lowest BCUT2D eigenvalue weighted by Gasteiger charge is -1.92. The van der Waals surface area contributed by atoms with E-state index in [1.807, 2.05) is 0 Å². The number of hydrogen-bond donors (Lipinski definition) is 0. The monoisotopic (exact) mass is 191 g/mol. The van der Waals surface area contributed by atoms with E-state index < -0.39 is 23.0 Å². The molecular formula is C5H3F2N3O3. The topological polar surface area (TPSA) is 78.0 Å². The lowest BCUT2D eigenvalue weighted by atomic mass is 10.4. The van der Waals surface area contributed by atoms with Crippen LogP contribution in [0.4, 0.5) is 14.6 Å². The van der Waals surface area contributed by atoms with Gasteiger partial charge in [0.05, 0.1) is 11.2 Å². The molecule has 0 spiro atoms. The van der Waals surface area contributed by atoms with Crippen molar-refractivity contribution in [3.8, 4) is 0 Å². The van der Waals surface area contributed by atoms with E-state index in [2.05, 4.69) is 5.10 Å². The number of aldehydes is 1. The van der Waals surface area contributed by atoms with Gasteiger partial charge in [0.2, 0.25) is 0 Å². The molecule has 6 nitrogen and oxygen atoms in total. The number of carbonyl (C=O) groups is 1. The van der Waals surface area contributed by atoms with E-state index in [9.17, 15) is 23.7 Å². The molecule has 1 aromatic heterocycles. The van der Waals surface area contributed by atoms with Crippen molar-refractivity contribution in [1.82, 2.24) is 9.78 Å². The highest BCUT2D eigenvalue weighted by Gasteiger charge is 2.23. The molecule has 0 fully saturated rings. The number of aromatic nitrogens is 2. The lowest BCUT2D eigenvalue weighted by molar-refractivity contribution is -0.390. The van der Waals surface area contributed by atoms with E-state index in [0.717, 1.165) is 0 Å². The molecule has 0 unspecified atom stereocenters. The Morgan fingerprint density at radius 2 is 2.31 bits per heavy atom. The van der Waals surface area contributed by atoms with Crippen molar-refractivity contribution in [2.24, 2.45) is 0 Å². The molecule has 0 saturated carbocycles. The molecule has 0 N–H and O–H groups in total. The van der Waals surface area contributed by atoms with Crippen molar-refractivity contribution in [3.05, 3.63) is 21.9 Å². The van der Waals surface area contributed by atoms with Crippen LogP contribution in [-0.2, 0) is 0 Å². The summed E-state index contributed by atoms with van der Waals surface area (Å²) in [5.74, 6) is -0.776. The number of nitro groups is 1. The van der Waals surface area contributed by atoms with Crippen LogP contribution < -0.4 is 0 Å². The summed E-state index contributed by atoms with van der Waals surface area (Å²) in [6.45, 7) is -3.06. The Kier molecular flexibility index (Phi) is 2.31. The molecule has 1 rings (SSSR count). The second-order valence-electron chi connectivity index (χ2n) is 2.02. The second-order valence-corrected chi connectivity index (χ2v) is 2.02. The maximum Gasteiger partial charge on any atom is 0.390 e. The van der Waals surface area contributed by atoms with E-state index >= 15 is 0 Å². The molecule has 0 bridgehead atoms. The molecule has 0 amide bonds. The van der Waals surface area contributed by atoms with Crippen LogP contribution in [0.25, 0.3) is 0 Å². The van der Waals surface area contributed by atoms with E-state index in [4.69, 9.17) is 0 Å². The quantitative estimate of drug-likeness (QED) is 0.405. The van der Waals surface area contributed by atoms with E-state index in [1.165, 1.54) is 0 Å². The van der Waals surface area contributed by atoms with Crippen LogP contribution in [0.5, 0.6) is 0 Å². The summed E-state index contributed by atoms with van der Waals surface area (Å²) in [6, 6.07) is 0.680. The standard InChI is InChI=1S/C5H3F2N3O3/c6-5(7)9-3(2-11)1-4(8-9)10(12)13/h1-2,5H. The van der Waals surface area contributed by atoms with Crippen LogP contribution in [0, 0.1) is 10.1 Å². The lowest BCUT2D eigenvalue weighted by Crippen LogP contribution is -2.04. The van der Waals surface area contributed by atoms with Gasteiger partial charge in [-0.15, -0.1) is 4.68 Å². The SMILES string of the molecule is O=Cc1cc([N+](=O)[O-])nn1C(F)F. The fourth-order valence-corrected chi connectivity index (χ4v) is 0.729. The molecule has 0 aromatic carbocycles.